The van der Waals surface area contributed by atoms with Crippen LogP contribution in [0.3, 0.4) is 0 Å². The Balaban J connectivity index is 1.27. The van der Waals surface area contributed by atoms with E-state index in [1.165, 1.54) is 22.8 Å². The first-order chi connectivity index (χ1) is 24.7. The standard InChI is InChI=1S/C36H44N4O10S/c1-45-24-27-5-4-17-40(27)51(43,44)39-18-14-36(15-19-39)35(42)38-23-26-6-8-30(22-32(26)47-3)49-33-21-25(7-13-31(33)46-2)34(41)37-16-20-48-28-9-11-29(50-36)12-10-28/h6-13,21-22,27H,4-5,14-20,23-24H2,1-3H3,(H,37,41)(H,38,42). The highest BCUT2D eigenvalue weighted by atomic mass is 32.2. The topological polar surface area (TPSA) is 154 Å². The number of ether oxygens (including phenoxy) is 6. The Morgan fingerprint density at radius 3 is 2.31 bits per heavy atom. The largest absolute Gasteiger partial charge is 0.496 e. The van der Waals surface area contributed by atoms with Crippen molar-refractivity contribution in [3.63, 3.8) is 0 Å². The van der Waals surface area contributed by atoms with Crippen LogP contribution in [0, 0.1) is 0 Å². The van der Waals surface area contributed by atoms with Crippen molar-refractivity contribution >= 4 is 22.0 Å². The van der Waals surface area contributed by atoms with Crippen molar-refractivity contribution in [1.82, 2.24) is 19.2 Å². The van der Waals surface area contributed by atoms with Gasteiger partial charge >= 0.3 is 0 Å². The van der Waals surface area contributed by atoms with Crippen molar-refractivity contribution < 1.29 is 46.4 Å². The molecular weight excluding hydrogens is 680 g/mol. The molecule has 15 heteroatoms. The maximum atomic E-state index is 14.1. The molecule has 9 rings (SSSR count). The molecule has 0 radical (unpaired) electrons. The predicted octanol–water partition coefficient (Wildman–Crippen LogP) is 3.50. The van der Waals surface area contributed by atoms with E-state index in [2.05, 4.69) is 10.6 Å². The zero-order chi connectivity index (χ0) is 36.0. The first-order valence-electron chi connectivity index (χ1n) is 16.9. The smallest absolute Gasteiger partial charge is 0.282 e. The highest BCUT2D eigenvalue weighted by Gasteiger charge is 2.48. The molecule has 274 valence electrons. The summed E-state index contributed by atoms with van der Waals surface area (Å²) in [6.07, 6.45) is 1.76. The van der Waals surface area contributed by atoms with Gasteiger partial charge < -0.3 is 39.1 Å². The normalized spacial score (nSPS) is 20.3. The Hall–Kier alpha value is -4.57. The molecule has 1 atom stereocenters. The number of carbonyl (C=O) groups is 2. The van der Waals surface area contributed by atoms with E-state index in [-0.39, 0.29) is 63.5 Å². The lowest BCUT2D eigenvalue weighted by molar-refractivity contribution is -0.140. The van der Waals surface area contributed by atoms with Gasteiger partial charge in [0.25, 0.3) is 22.0 Å². The van der Waals surface area contributed by atoms with Crippen LogP contribution >= 0.6 is 0 Å². The molecule has 6 aliphatic rings. The lowest BCUT2D eigenvalue weighted by Gasteiger charge is -2.41. The minimum absolute atomic E-state index is 0.0961. The van der Waals surface area contributed by atoms with Gasteiger partial charge in [0.2, 0.25) is 0 Å². The Kier molecular flexibility index (Phi) is 11.2. The molecule has 2 saturated heterocycles. The van der Waals surface area contributed by atoms with E-state index in [0.29, 0.717) is 58.8 Å². The molecule has 0 aliphatic carbocycles. The van der Waals surface area contributed by atoms with Crippen molar-refractivity contribution in [3.8, 4) is 34.5 Å². The van der Waals surface area contributed by atoms with E-state index in [9.17, 15) is 18.0 Å². The van der Waals surface area contributed by atoms with Gasteiger partial charge in [-0.05, 0) is 67.4 Å². The number of rotatable bonds is 6. The van der Waals surface area contributed by atoms with E-state index in [1.807, 2.05) is 0 Å². The van der Waals surface area contributed by atoms with Crippen LogP contribution < -0.4 is 34.3 Å². The molecule has 14 nitrogen and oxygen atoms in total. The molecule has 6 aliphatic heterocycles. The third-order valence-electron chi connectivity index (χ3n) is 9.39. The minimum atomic E-state index is -3.77. The SMILES string of the molecule is COCC1CCCN1S(=O)(=O)N1CCC2(CC1)Oc1ccc(cc1)OCCNC(=O)c1ccc(OC)c(c1)Oc1ccc(c(OC)c1)CNC2=O. The van der Waals surface area contributed by atoms with Crippen molar-refractivity contribution in [2.45, 2.75) is 43.9 Å². The summed E-state index contributed by atoms with van der Waals surface area (Å²) in [6.45, 7) is 1.50. The van der Waals surface area contributed by atoms with E-state index >= 15 is 0 Å². The number of nitrogens with zero attached hydrogens (tertiary/aromatic N) is 2. The van der Waals surface area contributed by atoms with Crippen LogP contribution in [0.4, 0.5) is 0 Å². The Morgan fingerprint density at radius 2 is 1.59 bits per heavy atom. The fourth-order valence-electron chi connectivity index (χ4n) is 6.63. The van der Waals surface area contributed by atoms with Crippen molar-refractivity contribution in [1.29, 1.82) is 0 Å². The average molecular weight is 725 g/mol. The van der Waals surface area contributed by atoms with Gasteiger partial charge in [0.1, 0.15) is 29.6 Å². The summed E-state index contributed by atoms with van der Waals surface area (Å²) in [5.74, 6) is 1.95. The zero-order valence-electron chi connectivity index (χ0n) is 29.0. The molecule has 2 fully saturated rings. The van der Waals surface area contributed by atoms with Crippen LogP contribution in [-0.2, 0) is 26.3 Å². The van der Waals surface area contributed by atoms with E-state index < -0.39 is 15.8 Å². The lowest BCUT2D eigenvalue weighted by Crippen LogP contribution is -2.59. The molecular formula is C36H44N4O10S. The van der Waals surface area contributed by atoms with Crippen LogP contribution in [0.25, 0.3) is 0 Å². The molecule has 3 aromatic rings. The predicted molar refractivity (Wildman–Crippen MR) is 187 cm³/mol. The second-order valence-electron chi connectivity index (χ2n) is 12.6. The van der Waals surface area contributed by atoms with Crippen molar-refractivity contribution in [3.05, 3.63) is 71.8 Å². The van der Waals surface area contributed by atoms with Crippen LogP contribution in [0.5, 0.6) is 34.5 Å². The van der Waals surface area contributed by atoms with Gasteiger partial charge in [-0.25, -0.2) is 0 Å². The fraction of sp³-hybridized carbons (Fsp3) is 0.444. The van der Waals surface area contributed by atoms with Crippen molar-refractivity contribution in [2.75, 3.05) is 60.7 Å². The number of carbonyl (C=O) groups excluding carboxylic acids is 2. The first kappa shape index (κ1) is 36.2. The zero-order valence-corrected chi connectivity index (χ0v) is 29.8. The maximum absolute atomic E-state index is 14.1. The van der Waals surface area contributed by atoms with Gasteiger partial charge in [0, 0.05) is 69.4 Å². The third-order valence-corrected chi connectivity index (χ3v) is 11.5. The van der Waals surface area contributed by atoms with Crippen LogP contribution in [0.2, 0.25) is 0 Å². The minimum Gasteiger partial charge on any atom is -0.496 e. The van der Waals surface area contributed by atoms with E-state index in [4.69, 9.17) is 28.4 Å². The molecule has 6 heterocycles. The third kappa shape index (κ3) is 8.01. The number of benzene rings is 3. The Bertz CT molecular complexity index is 1810. The lowest BCUT2D eigenvalue weighted by atomic mass is 9.90. The summed E-state index contributed by atoms with van der Waals surface area (Å²) in [5.41, 5.74) is -0.301. The molecule has 2 N–H and O–H groups in total. The van der Waals surface area contributed by atoms with Gasteiger partial charge in [0.05, 0.1) is 27.4 Å². The number of hydrogen-bond donors (Lipinski definition) is 2. The van der Waals surface area contributed by atoms with E-state index in [0.717, 1.165) is 12.8 Å². The van der Waals surface area contributed by atoms with Gasteiger partial charge in [-0.3, -0.25) is 9.59 Å². The highest BCUT2D eigenvalue weighted by Crippen LogP contribution is 2.36. The fourth-order valence-corrected chi connectivity index (χ4v) is 8.48. The van der Waals surface area contributed by atoms with Crippen molar-refractivity contribution in [2.24, 2.45) is 0 Å². The number of piperidine rings is 1. The maximum Gasteiger partial charge on any atom is 0.282 e. The van der Waals surface area contributed by atoms with Crippen LogP contribution in [-0.4, -0.2) is 101 Å². The van der Waals surface area contributed by atoms with Gasteiger partial charge in [-0.1, -0.05) is 0 Å². The molecule has 6 bridgehead atoms. The highest BCUT2D eigenvalue weighted by molar-refractivity contribution is 7.86. The molecule has 2 amide bonds. The van der Waals surface area contributed by atoms with Gasteiger partial charge in [0.15, 0.2) is 17.1 Å². The van der Waals surface area contributed by atoms with Gasteiger partial charge in [-0.2, -0.15) is 17.0 Å². The van der Waals surface area contributed by atoms with Gasteiger partial charge in [-0.15, -0.1) is 0 Å². The molecule has 0 aromatic heterocycles. The summed E-state index contributed by atoms with van der Waals surface area (Å²) in [5, 5.41) is 5.86. The number of nitrogens with one attached hydrogen (secondary N) is 2. The summed E-state index contributed by atoms with van der Waals surface area (Å²) in [7, 11) is 0.827. The summed E-state index contributed by atoms with van der Waals surface area (Å²) in [4.78, 5) is 27.1. The second-order valence-corrected chi connectivity index (χ2v) is 14.4. The van der Waals surface area contributed by atoms with Crippen LogP contribution in [0.1, 0.15) is 41.6 Å². The Labute approximate surface area is 298 Å². The Morgan fingerprint density at radius 1 is 0.863 bits per heavy atom. The number of amides is 2. The summed E-state index contributed by atoms with van der Waals surface area (Å²) < 4.78 is 65.3. The second kappa shape index (κ2) is 15.8. The van der Waals surface area contributed by atoms with Crippen LogP contribution in [0.15, 0.2) is 60.7 Å². The molecule has 1 unspecified atom stereocenters. The molecule has 51 heavy (non-hydrogen) atoms. The monoisotopic (exact) mass is 724 g/mol. The first-order valence-corrected chi connectivity index (χ1v) is 18.3. The summed E-state index contributed by atoms with van der Waals surface area (Å²) >= 11 is 0. The number of hydrogen-bond acceptors (Lipinski definition) is 10. The van der Waals surface area contributed by atoms with E-state index in [1.54, 1.807) is 67.8 Å². The molecule has 0 saturated carbocycles. The summed E-state index contributed by atoms with van der Waals surface area (Å²) in [6, 6.07) is 16.7. The average Bonchev–Trinajstić information content (AvgIpc) is 3.62. The quantitative estimate of drug-likeness (QED) is 0.386. The molecule has 3 aromatic carbocycles. The molecule has 1 spiro atoms. The number of methoxy groups -OCH3 is 3.